The smallest absolute Gasteiger partial charge is 0.227 e. The van der Waals surface area contributed by atoms with E-state index < -0.39 is 0 Å². The van der Waals surface area contributed by atoms with Crippen molar-refractivity contribution >= 4 is 39.1 Å². The molecular weight excluding hydrogens is 366 g/mol. The fraction of sp³-hybridized carbons (Fsp3) is 0.235. The maximum absolute atomic E-state index is 12.2. The van der Waals surface area contributed by atoms with E-state index in [1.807, 2.05) is 24.3 Å². The molecule has 0 fully saturated rings. The van der Waals surface area contributed by atoms with Crippen molar-refractivity contribution in [2.45, 2.75) is 12.8 Å². The lowest BCUT2D eigenvalue weighted by Crippen LogP contribution is -2.38. The number of ether oxygens (including phenoxy) is 1. The Labute approximate surface area is 143 Å². The summed E-state index contributed by atoms with van der Waals surface area (Å²) in [5.74, 6) is 0.902. The molecule has 0 radical (unpaired) electrons. The van der Waals surface area contributed by atoms with Gasteiger partial charge in [-0.1, -0.05) is 27.5 Å². The Hall–Kier alpha value is -1.52. The zero-order valence-corrected chi connectivity index (χ0v) is 14.2. The standard InChI is InChI=1S/C17H15BrClNO2/c18-13-2-7-16-12(11-13)1-8-17(21)20(16)9-10-22-15-5-3-14(19)4-6-15/h2-7,11H,1,8-10H2. The lowest BCUT2D eigenvalue weighted by atomic mass is 10.0. The van der Waals surface area contributed by atoms with Crippen LogP contribution in [0.4, 0.5) is 5.69 Å². The maximum Gasteiger partial charge on any atom is 0.227 e. The van der Waals surface area contributed by atoms with Crippen LogP contribution in [-0.4, -0.2) is 19.1 Å². The van der Waals surface area contributed by atoms with Crippen LogP contribution < -0.4 is 9.64 Å². The van der Waals surface area contributed by atoms with Crippen LogP contribution in [0.1, 0.15) is 12.0 Å². The first kappa shape index (κ1) is 15.4. The summed E-state index contributed by atoms with van der Waals surface area (Å²) in [5, 5.41) is 0.679. The van der Waals surface area contributed by atoms with Crippen LogP contribution in [0.2, 0.25) is 5.02 Å². The number of aryl methyl sites for hydroxylation is 1. The molecule has 5 heteroatoms. The first-order valence-electron chi connectivity index (χ1n) is 7.10. The van der Waals surface area contributed by atoms with E-state index in [-0.39, 0.29) is 5.91 Å². The van der Waals surface area contributed by atoms with Crippen LogP contribution in [0.15, 0.2) is 46.9 Å². The quantitative estimate of drug-likeness (QED) is 0.783. The summed E-state index contributed by atoms with van der Waals surface area (Å²) in [7, 11) is 0. The highest BCUT2D eigenvalue weighted by atomic mass is 79.9. The molecule has 0 bridgehead atoms. The number of hydrogen-bond acceptors (Lipinski definition) is 2. The number of rotatable bonds is 4. The number of halogens is 2. The molecule has 114 valence electrons. The monoisotopic (exact) mass is 379 g/mol. The molecule has 0 atom stereocenters. The number of carbonyl (C=O) groups is 1. The summed E-state index contributed by atoms with van der Waals surface area (Å²) in [6, 6.07) is 13.3. The third kappa shape index (κ3) is 3.45. The minimum Gasteiger partial charge on any atom is -0.492 e. The van der Waals surface area contributed by atoms with Gasteiger partial charge in [-0.05, 0) is 54.4 Å². The van der Waals surface area contributed by atoms with Crippen LogP contribution in [0.25, 0.3) is 0 Å². The Morgan fingerprint density at radius 3 is 2.68 bits per heavy atom. The van der Waals surface area contributed by atoms with Crippen molar-refractivity contribution in [3.8, 4) is 5.75 Å². The van der Waals surface area contributed by atoms with Gasteiger partial charge in [-0.3, -0.25) is 4.79 Å². The van der Waals surface area contributed by atoms with Gasteiger partial charge in [0.2, 0.25) is 5.91 Å². The highest BCUT2D eigenvalue weighted by molar-refractivity contribution is 9.10. The van der Waals surface area contributed by atoms with Gasteiger partial charge in [-0.25, -0.2) is 0 Å². The van der Waals surface area contributed by atoms with E-state index in [1.54, 1.807) is 17.0 Å². The van der Waals surface area contributed by atoms with E-state index in [0.717, 1.165) is 22.3 Å². The highest BCUT2D eigenvalue weighted by Crippen LogP contribution is 2.30. The third-order valence-corrected chi connectivity index (χ3v) is 4.38. The summed E-state index contributed by atoms with van der Waals surface area (Å²) in [4.78, 5) is 14.0. The second-order valence-corrected chi connectivity index (χ2v) is 6.47. The number of nitrogens with zero attached hydrogens (tertiary/aromatic N) is 1. The molecule has 3 rings (SSSR count). The summed E-state index contributed by atoms with van der Waals surface area (Å²) in [5.41, 5.74) is 2.18. The largest absolute Gasteiger partial charge is 0.492 e. The fourth-order valence-electron chi connectivity index (χ4n) is 2.56. The Morgan fingerprint density at radius 1 is 1.14 bits per heavy atom. The number of benzene rings is 2. The zero-order valence-electron chi connectivity index (χ0n) is 11.9. The molecule has 0 aromatic heterocycles. The third-order valence-electron chi connectivity index (χ3n) is 3.64. The van der Waals surface area contributed by atoms with E-state index in [2.05, 4.69) is 22.0 Å². The van der Waals surface area contributed by atoms with Gasteiger partial charge >= 0.3 is 0 Å². The van der Waals surface area contributed by atoms with Gasteiger partial charge in [0.05, 0.1) is 6.54 Å². The summed E-state index contributed by atoms with van der Waals surface area (Å²) < 4.78 is 6.73. The van der Waals surface area contributed by atoms with Crippen LogP contribution in [-0.2, 0) is 11.2 Å². The Balaban J connectivity index is 1.67. The molecule has 0 spiro atoms. The molecule has 0 unspecified atom stereocenters. The van der Waals surface area contributed by atoms with Crippen molar-refractivity contribution in [1.29, 1.82) is 0 Å². The minimum atomic E-state index is 0.148. The number of carbonyl (C=O) groups excluding carboxylic acids is 1. The summed E-state index contributed by atoms with van der Waals surface area (Å²) in [6.07, 6.45) is 1.34. The maximum atomic E-state index is 12.2. The lowest BCUT2D eigenvalue weighted by molar-refractivity contribution is -0.119. The van der Waals surface area contributed by atoms with Crippen molar-refractivity contribution < 1.29 is 9.53 Å². The molecule has 1 aliphatic rings. The molecule has 1 amide bonds. The molecule has 1 heterocycles. The SMILES string of the molecule is O=C1CCc2cc(Br)ccc2N1CCOc1ccc(Cl)cc1. The van der Waals surface area contributed by atoms with Crippen LogP contribution in [0.5, 0.6) is 5.75 Å². The first-order chi connectivity index (χ1) is 10.6. The highest BCUT2D eigenvalue weighted by Gasteiger charge is 2.23. The van der Waals surface area contributed by atoms with Crippen molar-refractivity contribution in [1.82, 2.24) is 0 Å². The van der Waals surface area contributed by atoms with E-state index in [9.17, 15) is 4.79 Å². The van der Waals surface area contributed by atoms with Crippen LogP contribution in [0, 0.1) is 0 Å². The van der Waals surface area contributed by atoms with Crippen molar-refractivity contribution in [3.63, 3.8) is 0 Å². The average molecular weight is 381 g/mol. The molecule has 2 aromatic carbocycles. The second kappa shape index (κ2) is 6.71. The molecule has 3 nitrogen and oxygen atoms in total. The number of amides is 1. The predicted octanol–water partition coefficient (Wildman–Crippen LogP) is 4.46. The molecule has 2 aromatic rings. The second-order valence-electron chi connectivity index (χ2n) is 5.12. The zero-order chi connectivity index (χ0) is 15.5. The normalized spacial score (nSPS) is 13.9. The average Bonchev–Trinajstić information content (AvgIpc) is 2.51. The van der Waals surface area contributed by atoms with Crippen molar-refractivity contribution in [2.24, 2.45) is 0 Å². The molecule has 0 saturated carbocycles. The number of hydrogen-bond donors (Lipinski definition) is 0. The summed E-state index contributed by atoms with van der Waals surface area (Å²) >= 11 is 9.32. The van der Waals surface area contributed by atoms with Gasteiger partial charge in [-0.15, -0.1) is 0 Å². The van der Waals surface area contributed by atoms with Gasteiger partial charge in [-0.2, -0.15) is 0 Å². The Morgan fingerprint density at radius 2 is 1.91 bits per heavy atom. The first-order valence-corrected chi connectivity index (χ1v) is 8.28. The molecule has 1 aliphatic heterocycles. The van der Waals surface area contributed by atoms with Gasteiger partial charge in [0.15, 0.2) is 0 Å². The number of fused-ring (bicyclic) bond motifs is 1. The fourth-order valence-corrected chi connectivity index (χ4v) is 3.09. The Kier molecular flexibility index (Phi) is 4.69. The molecule has 0 saturated heterocycles. The number of anilines is 1. The molecular formula is C17H15BrClNO2. The van der Waals surface area contributed by atoms with Gasteiger partial charge in [0.25, 0.3) is 0 Å². The van der Waals surface area contributed by atoms with Crippen molar-refractivity contribution in [2.75, 3.05) is 18.1 Å². The van der Waals surface area contributed by atoms with Crippen LogP contribution >= 0.6 is 27.5 Å². The van der Waals surface area contributed by atoms with Gasteiger partial charge in [0.1, 0.15) is 12.4 Å². The minimum absolute atomic E-state index is 0.148. The van der Waals surface area contributed by atoms with E-state index in [0.29, 0.717) is 24.6 Å². The lowest BCUT2D eigenvalue weighted by Gasteiger charge is -2.29. The van der Waals surface area contributed by atoms with Crippen LogP contribution in [0.3, 0.4) is 0 Å². The molecule has 22 heavy (non-hydrogen) atoms. The topological polar surface area (TPSA) is 29.5 Å². The Bertz CT molecular complexity index is 688. The molecule has 0 aliphatic carbocycles. The van der Waals surface area contributed by atoms with E-state index in [4.69, 9.17) is 16.3 Å². The van der Waals surface area contributed by atoms with E-state index >= 15 is 0 Å². The predicted molar refractivity (Wildman–Crippen MR) is 91.8 cm³/mol. The van der Waals surface area contributed by atoms with Gasteiger partial charge < -0.3 is 9.64 Å². The summed E-state index contributed by atoms with van der Waals surface area (Å²) in [6.45, 7) is 0.985. The molecule has 0 N–H and O–H groups in total. The van der Waals surface area contributed by atoms with Crippen molar-refractivity contribution in [3.05, 3.63) is 57.5 Å². The van der Waals surface area contributed by atoms with Gasteiger partial charge in [0, 0.05) is 21.6 Å². The van der Waals surface area contributed by atoms with E-state index in [1.165, 1.54) is 5.56 Å².